The maximum Gasteiger partial charge on any atom is 0.323 e. The molecule has 7 nitrogen and oxygen atoms in total. The number of carbonyl (C=O) groups excluding carboxylic acids is 2. The van der Waals surface area contributed by atoms with Crippen molar-refractivity contribution in [2.45, 2.75) is 51.0 Å². The molecule has 0 fully saturated rings. The molecule has 1 aliphatic heterocycles. The fourth-order valence-electron chi connectivity index (χ4n) is 5.71. The number of ketones is 2. The molecular formula is C29H26Cl3NO6. The molecule has 0 aromatic heterocycles. The predicted molar refractivity (Wildman–Crippen MR) is 148 cm³/mol. The molecule has 204 valence electrons. The van der Waals surface area contributed by atoms with E-state index in [2.05, 4.69) is 0 Å². The van der Waals surface area contributed by atoms with E-state index >= 15 is 0 Å². The summed E-state index contributed by atoms with van der Waals surface area (Å²) in [5.74, 6) is -1.22. The first kappa shape index (κ1) is 27.6. The summed E-state index contributed by atoms with van der Waals surface area (Å²) in [5.41, 5.74) is 3.63. The van der Waals surface area contributed by atoms with Crippen LogP contribution in [0.15, 0.2) is 52.9 Å². The number of ether oxygens (including phenoxy) is 2. The van der Waals surface area contributed by atoms with Crippen LogP contribution in [0, 0.1) is 0 Å². The molecule has 0 radical (unpaired) electrons. The minimum atomic E-state index is -1.02. The summed E-state index contributed by atoms with van der Waals surface area (Å²) in [6.45, 7) is -0.185. The molecule has 2 aromatic carbocycles. The van der Waals surface area contributed by atoms with Crippen molar-refractivity contribution in [2.24, 2.45) is 0 Å². The van der Waals surface area contributed by atoms with Gasteiger partial charge in [0.1, 0.15) is 13.2 Å². The minimum Gasteiger partial charge on any atom is -0.493 e. The van der Waals surface area contributed by atoms with Crippen molar-refractivity contribution in [3.05, 3.63) is 79.1 Å². The zero-order chi connectivity index (χ0) is 27.8. The highest BCUT2D eigenvalue weighted by Gasteiger charge is 2.44. The topological polar surface area (TPSA) is 93.1 Å². The van der Waals surface area contributed by atoms with E-state index in [9.17, 15) is 19.5 Å². The van der Waals surface area contributed by atoms with Crippen LogP contribution in [0.3, 0.4) is 0 Å². The molecule has 1 heterocycles. The van der Waals surface area contributed by atoms with E-state index in [0.717, 1.165) is 0 Å². The molecule has 0 atom stereocenters. The zero-order valence-corrected chi connectivity index (χ0v) is 23.5. The number of carbonyl (C=O) groups is 3. The molecule has 2 aromatic rings. The Morgan fingerprint density at radius 2 is 1.59 bits per heavy atom. The highest BCUT2D eigenvalue weighted by atomic mass is 35.5. The summed E-state index contributed by atoms with van der Waals surface area (Å²) in [7, 11) is 1.49. The third kappa shape index (κ3) is 5.28. The average molecular weight is 591 g/mol. The van der Waals surface area contributed by atoms with Crippen LogP contribution < -0.4 is 9.47 Å². The third-order valence-corrected chi connectivity index (χ3v) is 8.22. The summed E-state index contributed by atoms with van der Waals surface area (Å²) >= 11 is 19.0. The summed E-state index contributed by atoms with van der Waals surface area (Å²) in [4.78, 5) is 40.2. The number of benzene rings is 2. The van der Waals surface area contributed by atoms with Crippen LogP contribution in [0.4, 0.5) is 0 Å². The van der Waals surface area contributed by atoms with Crippen molar-refractivity contribution in [2.75, 3.05) is 13.7 Å². The molecule has 0 saturated heterocycles. The first-order valence-electron chi connectivity index (χ1n) is 12.7. The van der Waals surface area contributed by atoms with Gasteiger partial charge in [-0.3, -0.25) is 14.4 Å². The Kier molecular flexibility index (Phi) is 7.94. The second kappa shape index (κ2) is 11.2. The van der Waals surface area contributed by atoms with Gasteiger partial charge in [-0.2, -0.15) is 0 Å². The number of halogens is 3. The quantitative estimate of drug-likeness (QED) is 0.382. The normalized spacial score (nSPS) is 17.8. The lowest BCUT2D eigenvalue weighted by Gasteiger charge is -2.43. The zero-order valence-electron chi connectivity index (χ0n) is 21.2. The van der Waals surface area contributed by atoms with Crippen molar-refractivity contribution in [1.82, 2.24) is 4.90 Å². The summed E-state index contributed by atoms with van der Waals surface area (Å²) in [5, 5.41) is 10.8. The first-order chi connectivity index (χ1) is 18.7. The fourth-order valence-corrected chi connectivity index (χ4v) is 6.45. The van der Waals surface area contributed by atoms with Gasteiger partial charge in [-0.1, -0.05) is 40.9 Å². The largest absolute Gasteiger partial charge is 0.493 e. The molecule has 5 rings (SSSR count). The molecule has 3 aliphatic rings. The molecule has 2 aliphatic carbocycles. The van der Waals surface area contributed by atoms with Crippen molar-refractivity contribution in [3.8, 4) is 11.5 Å². The van der Waals surface area contributed by atoms with Gasteiger partial charge in [0.05, 0.1) is 12.1 Å². The molecule has 0 bridgehead atoms. The van der Waals surface area contributed by atoms with Gasteiger partial charge in [0.25, 0.3) is 0 Å². The van der Waals surface area contributed by atoms with Gasteiger partial charge < -0.3 is 19.5 Å². The van der Waals surface area contributed by atoms with Crippen molar-refractivity contribution in [3.63, 3.8) is 0 Å². The van der Waals surface area contributed by atoms with Gasteiger partial charge in [-0.25, -0.2) is 0 Å². The number of rotatable bonds is 7. The van der Waals surface area contributed by atoms with Crippen LogP contribution >= 0.6 is 34.8 Å². The first-order valence-corrected chi connectivity index (χ1v) is 13.8. The van der Waals surface area contributed by atoms with Crippen LogP contribution in [0.2, 0.25) is 15.1 Å². The highest BCUT2D eigenvalue weighted by Crippen LogP contribution is 2.51. The van der Waals surface area contributed by atoms with E-state index < -0.39 is 11.9 Å². The smallest absolute Gasteiger partial charge is 0.323 e. The highest BCUT2D eigenvalue weighted by molar-refractivity contribution is 6.35. The molecule has 1 N–H and O–H groups in total. The van der Waals surface area contributed by atoms with E-state index in [1.807, 2.05) is 0 Å². The molecule has 10 heteroatoms. The number of hydrogen-bond donors (Lipinski definition) is 1. The Morgan fingerprint density at radius 3 is 2.15 bits per heavy atom. The number of methoxy groups -OCH3 is 1. The standard InChI is InChI=1S/C29H26Cl3NO6/c1-38-24-11-16(10-19(32)29(24)39-14-15-8-9-17(30)12-18(15)31)26-27-20(4-2-6-22(27)34)33(13-25(36)37)21-5-3-7-23(35)28(21)26/h8-12,26H,2-7,13-14H2,1H3,(H,36,37). The molecular weight excluding hydrogens is 565 g/mol. The molecule has 0 unspecified atom stereocenters. The van der Waals surface area contributed by atoms with Crippen LogP contribution in [0.5, 0.6) is 11.5 Å². The monoisotopic (exact) mass is 589 g/mol. The lowest BCUT2D eigenvalue weighted by Crippen LogP contribution is -2.41. The number of hydrogen-bond acceptors (Lipinski definition) is 6. The number of carboxylic acid groups (broad SMARTS) is 1. The second-order valence-electron chi connectivity index (χ2n) is 9.75. The summed E-state index contributed by atoms with van der Waals surface area (Å²) in [6.07, 6.45) is 3.04. The van der Waals surface area contributed by atoms with E-state index in [1.165, 1.54) is 7.11 Å². The number of aliphatic carboxylic acids is 1. The van der Waals surface area contributed by atoms with Crippen LogP contribution in [-0.2, 0) is 21.0 Å². The number of nitrogens with zero attached hydrogens (tertiary/aromatic N) is 1. The Bertz CT molecular complexity index is 1400. The second-order valence-corrected chi connectivity index (χ2v) is 11.0. The fraction of sp³-hybridized carbons (Fsp3) is 0.345. The maximum atomic E-state index is 13.4. The predicted octanol–water partition coefficient (Wildman–Crippen LogP) is 6.73. The van der Waals surface area contributed by atoms with Gasteiger partial charge >= 0.3 is 5.97 Å². The van der Waals surface area contributed by atoms with Crippen molar-refractivity contribution < 1.29 is 29.0 Å². The average Bonchev–Trinajstić information content (AvgIpc) is 2.89. The van der Waals surface area contributed by atoms with Gasteiger partial charge in [0, 0.05) is 56.9 Å². The summed E-state index contributed by atoms with van der Waals surface area (Å²) in [6, 6.07) is 8.53. The SMILES string of the molecule is COc1cc(C2C3=C(CCCC3=O)N(CC(=O)O)C3=C2C(=O)CCC3)cc(Cl)c1OCc1ccc(Cl)cc1Cl. The van der Waals surface area contributed by atoms with E-state index in [4.69, 9.17) is 44.3 Å². The Balaban J connectivity index is 1.60. The van der Waals surface area contributed by atoms with E-state index in [1.54, 1.807) is 35.2 Å². The van der Waals surface area contributed by atoms with Crippen molar-refractivity contribution in [1.29, 1.82) is 0 Å². The number of allylic oxidation sites excluding steroid dienone is 4. The van der Waals surface area contributed by atoms with Gasteiger partial charge in [-0.15, -0.1) is 0 Å². The molecule has 0 spiro atoms. The van der Waals surface area contributed by atoms with Gasteiger partial charge in [0.15, 0.2) is 23.1 Å². The van der Waals surface area contributed by atoms with Crippen LogP contribution in [0.1, 0.15) is 55.6 Å². The molecule has 0 saturated carbocycles. The van der Waals surface area contributed by atoms with E-state index in [0.29, 0.717) is 93.7 Å². The Labute approximate surface area is 240 Å². The van der Waals surface area contributed by atoms with Crippen LogP contribution in [-0.4, -0.2) is 41.2 Å². The van der Waals surface area contributed by atoms with Gasteiger partial charge in [0.2, 0.25) is 0 Å². The van der Waals surface area contributed by atoms with Crippen LogP contribution in [0.25, 0.3) is 0 Å². The summed E-state index contributed by atoms with van der Waals surface area (Å²) < 4.78 is 11.6. The lowest BCUT2D eigenvalue weighted by molar-refractivity contribution is -0.138. The lowest BCUT2D eigenvalue weighted by atomic mass is 9.71. The Morgan fingerprint density at radius 1 is 0.949 bits per heavy atom. The molecule has 0 amide bonds. The van der Waals surface area contributed by atoms with E-state index in [-0.39, 0.29) is 29.7 Å². The van der Waals surface area contributed by atoms with Crippen molar-refractivity contribution >= 4 is 52.3 Å². The molecule has 39 heavy (non-hydrogen) atoms. The maximum absolute atomic E-state index is 13.4. The third-order valence-electron chi connectivity index (χ3n) is 7.35. The minimum absolute atomic E-state index is 0.0886. The number of Topliss-reactive ketones (excluding diaryl/α,β-unsaturated/α-hetero) is 2. The Hall–Kier alpha value is -3.00. The number of carboxylic acids is 1. The van der Waals surface area contributed by atoms with Gasteiger partial charge in [-0.05, 0) is 55.5 Å².